The predicted molar refractivity (Wildman–Crippen MR) is 169 cm³/mol. The smallest absolute Gasteiger partial charge is 0.416 e. The molecule has 0 saturated carbocycles. The van der Waals surface area contributed by atoms with Crippen molar-refractivity contribution in [1.82, 2.24) is 14.8 Å². The van der Waals surface area contributed by atoms with Gasteiger partial charge >= 0.3 is 12.1 Å². The number of aryl methyl sites for hydroxylation is 2. The highest BCUT2D eigenvalue weighted by Crippen LogP contribution is 2.34. The molecular formula is C35H37F3N4O4. The summed E-state index contributed by atoms with van der Waals surface area (Å²) >= 11 is 0. The van der Waals surface area contributed by atoms with Gasteiger partial charge in [-0.1, -0.05) is 12.1 Å². The number of hydrogen-bond donors (Lipinski definition) is 1. The zero-order chi connectivity index (χ0) is 33.2. The molecule has 1 fully saturated rings. The maximum absolute atomic E-state index is 14.1. The Morgan fingerprint density at radius 2 is 1.89 bits per heavy atom. The standard InChI is InChI=1S/C35H37F3N4O4/c1-21-5-9-27(17-29(21)32(43)10-6-22-13-25-14-26(34(45)46-4)16-31(25)39-18-22)40-33(44)23-7-8-24(30(15-23)35(36,37)38)19-42-12-11-28(20-42)41(2)3/h5,7-9,13-15,17-18,28H,6,10-12,16,19-20H2,1-4H3,(H,40,44). The van der Waals surface area contributed by atoms with Crippen LogP contribution in [-0.4, -0.2) is 72.8 Å². The van der Waals surface area contributed by atoms with Crippen LogP contribution >= 0.6 is 0 Å². The first-order chi connectivity index (χ1) is 21.8. The molecule has 1 unspecified atom stereocenters. The summed E-state index contributed by atoms with van der Waals surface area (Å²) in [6, 6.07) is 10.8. The number of anilines is 1. The van der Waals surface area contributed by atoms with E-state index in [0.717, 1.165) is 29.3 Å². The number of amides is 1. The highest BCUT2D eigenvalue weighted by Gasteiger charge is 2.35. The van der Waals surface area contributed by atoms with Crippen molar-refractivity contribution in [3.05, 3.63) is 98.9 Å². The molecule has 11 heteroatoms. The summed E-state index contributed by atoms with van der Waals surface area (Å²) in [5.74, 6) is -1.25. The van der Waals surface area contributed by atoms with Gasteiger partial charge in [-0.3, -0.25) is 19.5 Å². The fourth-order valence-electron chi connectivity index (χ4n) is 5.98. The topological polar surface area (TPSA) is 91.8 Å². The van der Waals surface area contributed by atoms with Crippen LogP contribution in [0.1, 0.15) is 67.1 Å². The Morgan fingerprint density at radius 3 is 2.59 bits per heavy atom. The summed E-state index contributed by atoms with van der Waals surface area (Å²) < 4.78 is 47.1. The molecule has 1 aromatic heterocycles. The molecule has 1 saturated heterocycles. The molecule has 2 heterocycles. The van der Waals surface area contributed by atoms with Crippen molar-refractivity contribution in [2.45, 2.75) is 51.4 Å². The minimum Gasteiger partial charge on any atom is -0.466 e. The van der Waals surface area contributed by atoms with E-state index < -0.39 is 23.6 Å². The fraction of sp³-hybridized carbons (Fsp3) is 0.371. The normalized spacial score (nSPS) is 16.3. The minimum absolute atomic E-state index is 0.120. The number of carbonyl (C=O) groups is 3. The number of nitrogens with one attached hydrogen (secondary N) is 1. The number of Topliss-reactive ketones (excluding diaryl/α,β-unsaturated/α-hetero) is 1. The fourth-order valence-corrected chi connectivity index (χ4v) is 5.98. The first-order valence-electron chi connectivity index (χ1n) is 15.1. The molecule has 1 N–H and O–H groups in total. The van der Waals surface area contributed by atoms with Crippen molar-refractivity contribution in [2.75, 3.05) is 39.6 Å². The largest absolute Gasteiger partial charge is 0.466 e. The van der Waals surface area contributed by atoms with Gasteiger partial charge in [-0.25, -0.2) is 4.79 Å². The first-order valence-corrected chi connectivity index (χ1v) is 15.1. The Morgan fingerprint density at radius 1 is 1.11 bits per heavy atom. The number of benzene rings is 2. The number of alkyl halides is 3. The molecule has 1 atom stereocenters. The quantitative estimate of drug-likeness (QED) is 0.225. The molecule has 1 amide bonds. The number of likely N-dealkylation sites (tertiary alicyclic amines) is 1. The van der Waals surface area contributed by atoms with Gasteiger partial charge in [0, 0.05) is 67.1 Å². The summed E-state index contributed by atoms with van der Waals surface area (Å²) in [6.45, 7) is 3.32. The van der Waals surface area contributed by atoms with Gasteiger partial charge in [0.2, 0.25) is 0 Å². The summed E-state index contributed by atoms with van der Waals surface area (Å²) in [4.78, 5) is 46.7. The van der Waals surface area contributed by atoms with E-state index in [1.807, 2.05) is 25.1 Å². The van der Waals surface area contributed by atoms with Gasteiger partial charge < -0.3 is 15.0 Å². The molecule has 2 aromatic carbocycles. The van der Waals surface area contributed by atoms with E-state index >= 15 is 0 Å². The number of pyridine rings is 1. The third-order valence-corrected chi connectivity index (χ3v) is 8.68. The van der Waals surface area contributed by atoms with Crippen LogP contribution in [-0.2, 0) is 35.1 Å². The number of methoxy groups -OCH3 is 1. The average Bonchev–Trinajstić information content (AvgIpc) is 3.67. The maximum Gasteiger partial charge on any atom is 0.416 e. The molecule has 0 bridgehead atoms. The van der Waals surface area contributed by atoms with Crippen molar-refractivity contribution < 1.29 is 32.3 Å². The van der Waals surface area contributed by atoms with E-state index in [1.54, 1.807) is 37.4 Å². The van der Waals surface area contributed by atoms with Crippen LogP contribution in [0.3, 0.4) is 0 Å². The Hall–Kier alpha value is -4.35. The van der Waals surface area contributed by atoms with E-state index in [0.29, 0.717) is 54.4 Å². The van der Waals surface area contributed by atoms with Crippen LogP contribution < -0.4 is 5.32 Å². The zero-order valence-corrected chi connectivity index (χ0v) is 26.3. The molecule has 1 aliphatic carbocycles. The third-order valence-electron chi connectivity index (χ3n) is 8.68. The van der Waals surface area contributed by atoms with Gasteiger partial charge in [-0.05, 0) is 92.5 Å². The summed E-state index contributed by atoms with van der Waals surface area (Å²) in [5.41, 5.74) is 3.57. The monoisotopic (exact) mass is 634 g/mol. The highest BCUT2D eigenvalue weighted by atomic mass is 19.4. The van der Waals surface area contributed by atoms with Gasteiger partial charge in [-0.2, -0.15) is 13.2 Å². The summed E-state index contributed by atoms with van der Waals surface area (Å²) in [5, 5.41) is 2.66. The van der Waals surface area contributed by atoms with Crippen molar-refractivity contribution in [2.24, 2.45) is 0 Å². The number of ketones is 1. The number of nitrogens with zero attached hydrogens (tertiary/aromatic N) is 3. The molecule has 8 nitrogen and oxygen atoms in total. The number of ether oxygens (including phenoxy) is 1. The number of rotatable bonds is 10. The molecule has 242 valence electrons. The number of carbonyl (C=O) groups excluding carboxylic acids is 3. The van der Waals surface area contributed by atoms with E-state index in [2.05, 4.69) is 15.2 Å². The second-order valence-corrected chi connectivity index (χ2v) is 12.1. The van der Waals surface area contributed by atoms with Gasteiger partial charge in [0.15, 0.2) is 5.78 Å². The number of aromatic nitrogens is 1. The molecule has 46 heavy (non-hydrogen) atoms. The van der Waals surface area contributed by atoms with Gasteiger partial charge in [0.05, 0.1) is 18.4 Å². The maximum atomic E-state index is 14.1. The van der Waals surface area contributed by atoms with Crippen LogP contribution in [0.25, 0.3) is 6.08 Å². The predicted octanol–water partition coefficient (Wildman–Crippen LogP) is 5.73. The first kappa shape index (κ1) is 33.0. The van der Waals surface area contributed by atoms with Crippen LogP contribution in [0, 0.1) is 6.92 Å². The number of halogens is 3. The average molecular weight is 635 g/mol. The molecule has 3 aromatic rings. The molecule has 0 spiro atoms. The molecule has 1 aliphatic heterocycles. The van der Waals surface area contributed by atoms with Crippen LogP contribution in [0.2, 0.25) is 0 Å². The van der Waals surface area contributed by atoms with E-state index in [9.17, 15) is 27.6 Å². The Kier molecular flexibility index (Phi) is 9.74. The van der Waals surface area contributed by atoms with Gasteiger partial charge in [0.1, 0.15) is 0 Å². The molecule has 0 radical (unpaired) electrons. The third kappa shape index (κ3) is 7.54. The van der Waals surface area contributed by atoms with Gasteiger partial charge in [0.25, 0.3) is 5.91 Å². The second kappa shape index (κ2) is 13.6. The molecule has 5 rings (SSSR count). The Labute approximate surface area is 266 Å². The van der Waals surface area contributed by atoms with Gasteiger partial charge in [-0.15, -0.1) is 0 Å². The number of hydrogen-bond acceptors (Lipinski definition) is 7. The molecular weight excluding hydrogens is 597 g/mol. The van der Waals surface area contributed by atoms with Crippen molar-refractivity contribution >= 4 is 29.4 Å². The highest BCUT2D eigenvalue weighted by molar-refractivity contribution is 6.05. The minimum atomic E-state index is -4.62. The van der Waals surface area contributed by atoms with E-state index in [1.165, 1.54) is 19.2 Å². The summed E-state index contributed by atoms with van der Waals surface area (Å²) in [7, 11) is 5.26. The Bertz CT molecular complexity index is 1700. The lowest BCUT2D eigenvalue weighted by Gasteiger charge is -2.22. The second-order valence-electron chi connectivity index (χ2n) is 12.1. The number of fused-ring (bicyclic) bond motifs is 1. The number of likely N-dealkylation sites (N-methyl/N-ethyl adjacent to an activating group) is 1. The van der Waals surface area contributed by atoms with E-state index in [-0.39, 0.29) is 29.9 Å². The van der Waals surface area contributed by atoms with Crippen LogP contribution in [0.15, 0.2) is 54.2 Å². The summed E-state index contributed by atoms with van der Waals surface area (Å²) in [6.07, 6.45) is 0.689. The van der Waals surface area contributed by atoms with Crippen molar-refractivity contribution in [3.8, 4) is 0 Å². The van der Waals surface area contributed by atoms with E-state index in [4.69, 9.17) is 4.74 Å². The molecule has 2 aliphatic rings. The lowest BCUT2D eigenvalue weighted by atomic mass is 9.98. The Balaban J connectivity index is 1.25. The van der Waals surface area contributed by atoms with Crippen molar-refractivity contribution in [3.63, 3.8) is 0 Å². The SMILES string of the molecule is COC(=O)C1=Cc2cc(CCC(=O)c3cc(NC(=O)c4ccc(CN5CCC(N(C)C)C5)c(C(F)(F)F)c4)ccc3C)cnc2C1. The number of esters is 1. The van der Waals surface area contributed by atoms with Crippen LogP contribution in [0.5, 0.6) is 0 Å². The van der Waals surface area contributed by atoms with Crippen molar-refractivity contribution in [1.29, 1.82) is 0 Å². The van der Waals surface area contributed by atoms with Crippen LogP contribution in [0.4, 0.5) is 18.9 Å². The lowest BCUT2D eigenvalue weighted by Crippen LogP contribution is -2.31. The zero-order valence-electron chi connectivity index (χ0n) is 26.3. The lowest BCUT2D eigenvalue weighted by molar-refractivity contribution is -0.138.